The molecule has 0 aliphatic rings. The van der Waals surface area contributed by atoms with Gasteiger partial charge < -0.3 is 19.9 Å². The van der Waals surface area contributed by atoms with E-state index < -0.39 is 0 Å². The number of rotatable bonds is 7. The summed E-state index contributed by atoms with van der Waals surface area (Å²) in [6, 6.07) is 6.90. The maximum absolute atomic E-state index is 11.5. The Kier molecular flexibility index (Phi) is 6.00. The maximum atomic E-state index is 11.5. The van der Waals surface area contributed by atoms with Crippen LogP contribution in [-0.2, 0) is 4.79 Å². The van der Waals surface area contributed by atoms with Crippen molar-refractivity contribution in [1.82, 2.24) is 5.32 Å². The minimum absolute atomic E-state index is 0.0960. The standard InChI is InChI=1S/C13H19NO4/c1-3-17-11-6-4-5-7-12(11)18-9-13(16)14-10(2)8-15/h4-7,10,15H,3,8-9H2,1-2H3,(H,14,16)/t10-/m0/s1. The molecule has 5 heteroatoms. The first kappa shape index (κ1) is 14.3. The van der Waals surface area contributed by atoms with Crippen LogP contribution in [0.4, 0.5) is 0 Å². The van der Waals surface area contributed by atoms with E-state index in [4.69, 9.17) is 14.6 Å². The minimum Gasteiger partial charge on any atom is -0.490 e. The Balaban J connectivity index is 2.50. The Morgan fingerprint density at radius 3 is 2.50 bits per heavy atom. The first-order chi connectivity index (χ1) is 8.67. The average Bonchev–Trinajstić information content (AvgIpc) is 2.38. The lowest BCUT2D eigenvalue weighted by atomic mass is 10.3. The van der Waals surface area contributed by atoms with Gasteiger partial charge in [-0.25, -0.2) is 0 Å². The third-order valence-electron chi connectivity index (χ3n) is 2.19. The molecule has 1 atom stereocenters. The zero-order valence-electron chi connectivity index (χ0n) is 10.7. The molecular weight excluding hydrogens is 234 g/mol. The van der Waals surface area contributed by atoms with Crippen molar-refractivity contribution in [3.8, 4) is 11.5 Å². The minimum atomic E-state index is -0.275. The van der Waals surface area contributed by atoms with Crippen molar-refractivity contribution in [3.63, 3.8) is 0 Å². The Morgan fingerprint density at radius 1 is 1.33 bits per heavy atom. The van der Waals surface area contributed by atoms with Crippen molar-refractivity contribution in [2.45, 2.75) is 19.9 Å². The smallest absolute Gasteiger partial charge is 0.258 e. The van der Waals surface area contributed by atoms with E-state index >= 15 is 0 Å². The highest BCUT2D eigenvalue weighted by molar-refractivity contribution is 5.77. The van der Waals surface area contributed by atoms with Crippen LogP contribution in [0.15, 0.2) is 24.3 Å². The highest BCUT2D eigenvalue weighted by atomic mass is 16.5. The molecule has 0 aliphatic carbocycles. The molecule has 1 aromatic carbocycles. The second-order valence-corrected chi connectivity index (χ2v) is 3.82. The highest BCUT2D eigenvalue weighted by Crippen LogP contribution is 2.26. The number of hydrogen-bond donors (Lipinski definition) is 2. The number of aliphatic hydroxyl groups is 1. The van der Waals surface area contributed by atoms with Gasteiger partial charge in [0.15, 0.2) is 18.1 Å². The van der Waals surface area contributed by atoms with E-state index in [2.05, 4.69) is 5.32 Å². The topological polar surface area (TPSA) is 67.8 Å². The fourth-order valence-corrected chi connectivity index (χ4v) is 1.35. The van der Waals surface area contributed by atoms with Gasteiger partial charge >= 0.3 is 0 Å². The predicted molar refractivity (Wildman–Crippen MR) is 67.8 cm³/mol. The van der Waals surface area contributed by atoms with Crippen LogP contribution in [0.2, 0.25) is 0 Å². The molecule has 0 fully saturated rings. The number of carbonyl (C=O) groups excluding carboxylic acids is 1. The van der Waals surface area contributed by atoms with Gasteiger partial charge in [-0.2, -0.15) is 0 Å². The molecular formula is C13H19NO4. The number of carbonyl (C=O) groups is 1. The predicted octanol–water partition coefficient (Wildman–Crippen LogP) is 0.961. The van der Waals surface area contributed by atoms with Gasteiger partial charge in [-0.05, 0) is 26.0 Å². The van der Waals surface area contributed by atoms with Gasteiger partial charge in [0.25, 0.3) is 5.91 Å². The zero-order chi connectivity index (χ0) is 13.4. The molecule has 0 saturated heterocycles. The van der Waals surface area contributed by atoms with Gasteiger partial charge in [0.2, 0.25) is 0 Å². The van der Waals surface area contributed by atoms with E-state index in [0.717, 1.165) is 0 Å². The van der Waals surface area contributed by atoms with Crippen LogP contribution in [0.25, 0.3) is 0 Å². The molecule has 1 amide bonds. The van der Waals surface area contributed by atoms with E-state index in [0.29, 0.717) is 18.1 Å². The summed E-state index contributed by atoms with van der Waals surface area (Å²) in [5.41, 5.74) is 0. The zero-order valence-corrected chi connectivity index (χ0v) is 10.7. The third-order valence-corrected chi connectivity index (χ3v) is 2.19. The van der Waals surface area contributed by atoms with Crippen LogP contribution in [0, 0.1) is 0 Å². The molecule has 5 nitrogen and oxygen atoms in total. The molecule has 0 bridgehead atoms. The third kappa shape index (κ3) is 4.63. The van der Waals surface area contributed by atoms with E-state index in [9.17, 15) is 4.79 Å². The summed E-state index contributed by atoms with van der Waals surface area (Å²) in [5, 5.41) is 11.4. The number of nitrogens with one attached hydrogen (secondary N) is 1. The van der Waals surface area contributed by atoms with Gasteiger partial charge in [0.1, 0.15) is 0 Å². The van der Waals surface area contributed by atoms with E-state index in [1.807, 2.05) is 19.1 Å². The summed E-state index contributed by atoms with van der Waals surface area (Å²) >= 11 is 0. The second kappa shape index (κ2) is 7.55. The van der Waals surface area contributed by atoms with Gasteiger partial charge in [0, 0.05) is 6.04 Å². The molecule has 0 radical (unpaired) electrons. The number of aliphatic hydroxyl groups excluding tert-OH is 1. The Labute approximate surface area is 107 Å². The molecule has 0 aliphatic heterocycles. The average molecular weight is 253 g/mol. The van der Waals surface area contributed by atoms with Gasteiger partial charge in [0.05, 0.1) is 13.2 Å². The lowest BCUT2D eigenvalue weighted by molar-refractivity contribution is -0.124. The highest BCUT2D eigenvalue weighted by Gasteiger charge is 2.09. The van der Waals surface area contributed by atoms with Crippen molar-refractivity contribution >= 4 is 5.91 Å². The normalized spacial score (nSPS) is 11.7. The van der Waals surface area contributed by atoms with Crippen LogP contribution >= 0.6 is 0 Å². The number of amides is 1. The molecule has 1 rings (SSSR count). The number of benzene rings is 1. The Bertz CT molecular complexity index is 381. The summed E-state index contributed by atoms with van der Waals surface area (Å²) < 4.78 is 10.8. The largest absolute Gasteiger partial charge is 0.490 e. The fraction of sp³-hybridized carbons (Fsp3) is 0.462. The van der Waals surface area contributed by atoms with Gasteiger partial charge in [-0.3, -0.25) is 4.79 Å². The van der Waals surface area contributed by atoms with Crippen LogP contribution < -0.4 is 14.8 Å². The summed E-state index contributed by atoms with van der Waals surface area (Å²) in [5.74, 6) is 0.872. The fourth-order valence-electron chi connectivity index (χ4n) is 1.35. The van der Waals surface area contributed by atoms with Crippen LogP contribution in [0.3, 0.4) is 0 Å². The van der Waals surface area contributed by atoms with Crippen molar-refractivity contribution in [1.29, 1.82) is 0 Å². The summed E-state index contributed by atoms with van der Waals surface area (Å²) in [4.78, 5) is 11.5. The van der Waals surface area contributed by atoms with Crippen molar-refractivity contribution in [2.24, 2.45) is 0 Å². The monoisotopic (exact) mass is 253 g/mol. The molecule has 100 valence electrons. The molecule has 0 heterocycles. The van der Waals surface area contributed by atoms with Crippen LogP contribution in [0.5, 0.6) is 11.5 Å². The molecule has 1 aromatic rings. The lowest BCUT2D eigenvalue weighted by Crippen LogP contribution is -2.38. The van der Waals surface area contributed by atoms with E-state index in [1.54, 1.807) is 19.1 Å². The number of para-hydroxylation sites is 2. The van der Waals surface area contributed by atoms with Gasteiger partial charge in [-0.15, -0.1) is 0 Å². The Hall–Kier alpha value is -1.75. The molecule has 18 heavy (non-hydrogen) atoms. The van der Waals surface area contributed by atoms with Crippen molar-refractivity contribution in [2.75, 3.05) is 19.8 Å². The lowest BCUT2D eigenvalue weighted by Gasteiger charge is -2.13. The van der Waals surface area contributed by atoms with Crippen molar-refractivity contribution < 1.29 is 19.4 Å². The Morgan fingerprint density at radius 2 is 1.94 bits per heavy atom. The second-order valence-electron chi connectivity index (χ2n) is 3.82. The summed E-state index contributed by atoms with van der Waals surface area (Å²) in [6.07, 6.45) is 0. The van der Waals surface area contributed by atoms with E-state index in [-0.39, 0.29) is 25.2 Å². The number of ether oxygens (including phenoxy) is 2. The molecule has 0 unspecified atom stereocenters. The quantitative estimate of drug-likeness (QED) is 0.759. The van der Waals surface area contributed by atoms with Gasteiger partial charge in [-0.1, -0.05) is 12.1 Å². The van der Waals surface area contributed by atoms with E-state index in [1.165, 1.54) is 0 Å². The SMILES string of the molecule is CCOc1ccccc1OCC(=O)N[C@@H](C)CO. The van der Waals surface area contributed by atoms with Crippen LogP contribution in [0.1, 0.15) is 13.8 Å². The van der Waals surface area contributed by atoms with Crippen molar-refractivity contribution in [3.05, 3.63) is 24.3 Å². The van der Waals surface area contributed by atoms with Crippen LogP contribution in [-0.4, -0.2) is 36.9 Å². The molecule has 0 saturated carbocycles. The summed E-state index contributed by atoms with van der Waals surface area (Å²) in [6.45, 7) is 3.93. The molecule has 0 aromatic heterocycles. The maximum Gasteiger partial charge on any atom is 0.258 e. The summed E-state index contributed by atoms with van der Waals surface area (Å²) in [7, 11) is 0. The molecule has 0 spiro atoms. The molecule has 2 N–H and O–H groups in total. The first-order valence-electron chi connectivity index (χ1n) is 5.92. The first-order valence-corrected chi connectivity index (χ1v) is 5.92. The number of hydrogen-bond acceptors (Lipinski definition) is 4.